The molecule has 1 fully saturated rings. The number of benzene rings is 1. The summed E-state index contributed by atoms with van der Waals surface area (Å²) in [4.78, 5) is 2.58. The molecule has 0 unspecified atom stereocenters. The first-order valence-corrected chi connectivity index (χ1v) is 7.44. The summed E-state index contributed by atoms with van der Waals surface area (Å²) in [5, 5.41) is 3.59. The van der Waals surface area contributed by atoms with E-state index in [0.29, 0.717) is 0 Å². The number of unbranched alkanes of at least 4 members (excludes halogenated alkanes) is 2. The molecule has 1 aromatic rings. The second-order valence-corrected chi connectivity index (χ2v) is 5.77. The highest BCUT2D eigenvalue weighted by Gasteiger charge is 2.19. The summed E-state index contributed by atoms with van der Waals surface area (Å²) in [6, 6.07) is 9.74. The molecule has 1 aliphatic carbocycles. The average molecular weight is 244 g/mol. The Labute approximate surface area is 110 Å². The van der Waals surface area contributed by atoms with Crippen LogP contribution < -0.4 is 5.32 Å². The van der Waals surface area contributed by atoms with E-state index in [0.717, 1.165) is 19.1 Å². The van der Waals surface area contributed by atoms with Gasteiger partial charge in [0.2, 0.25) is 0 Å². The van der Waals surface area contributed by atoms with E-state index in [1.165, 1.54) is 56.3 Å². The van der Waals surface area contributed by atoms with Crippen LogP contribution in [0.15, 0.2) is 24.3 Å². The smallest absolute Gasteiger partial charge is 0.0240 e. The third-order valence-corrected chi connectivity index (χ3v) is 4.07. The van der Waals surface area contributed by atoms with E-state index in [1.54, 1.807) is 0 Å². The van der Waals surface area contributed by atoms with Crippen LogP contribution in [-0.2, 0) is 13.1 Å². The quantitative estimate of drug-likeness (QED) is 0.742. The molecule has 2 nitrogen and oxygen atoms in total. The molecular formula is C16H24N2. The van der Waals surface area contributed by atoms with E-state index >= 15 is 0 Å². The van der Waals surface area contributed by atoms with Crippen LogP contribution in [0, 0.1) is 0 Å². The van der Waals surface area contributed by atoms with Gasteiger partial charge < -0.3 is 5.32 Å². The van der Waals surface area contributed by atoms with E-state index in [-0.39, 0.29) is 0 Å². The molecule has 1 aliphatic heterocycles. The zero-order valence-corrected chi connectivity index (χ0v) is 11.2. The third kappa shape index (κ3) is 3.33. The molecule has 1 N–H and O–H groups in total. The average Bonchev–Trinajstić information content (AvgIpc) is 3.11. The van der Waals surface area contributed by atoms with Crippen molar-refractivity contribution in [2.24, 2.45) is 0 Å². The van der Waals surface area contributed by atoms with Gasteiger partial charge in [0.05, 0.1) is 0 Å². The van der Waals surface area contributed by atoms with Crippen LogP contribution >= 0.6 is 0 Å². The van der Waals surface area contributed by atoms with Crippen molar-refractivity contribution in [2.45, 2.75) is 51.2 Å². The molecule has 0 bridgehead atoms. The van der Waals surface area contributed by atoms with E-state index in [4.69, 9.17) is 0 Å². The van der Waals surface area contributed by atoms with E-state index in [2.05, 4.69) is 34.5 Å². The zero-order valence-electron chi connectivity index (χ0n) is 11.2. The van der Waals surface area contributed by atoms with Gasteiger partial charge in [-0.15, -0.1) is 0 Å². The maximum Gasteiger partial charge on any atom is 0.0240 e. The van der Waals surface area contributed by atoms with E-state index in [1.807, 2.05) is 0 Å². The molecule has 0 aromatic heterocycles. The Balaban J connectivity index is 1.28. The maximum absolute atomic E-state index is 3.59. The summed E-state index contributed by atoms with van der Waals surface area (Å²) >= 11 is 0. The molecule has 0 atom stereocenters. The van der Waals surface area contributed by atoms with Gasteiger partial charge in [-0.1, -0.05) is 30.7 Å². The molecule has 1 saturated carbocycles. The van der Waals surface area contributed by atoms with Gasteiger partial charge in [-0.3, -0.25) is 4.90 Å². The van der Waals surface area contributed by atoms with Gasteiger partial charge in [0.1, 0.15) is 0 Å². The lowest BCUT2D eigenvalue weighted by atomic mass is 10.1. The lowest BCUT2D eigenvalue weighted by Crippen LogP contribution is -2.19. The molecule has 0 radical (unpaired) electrons. The van der Waals surface area contributed by atoms with Gasteiger partial charge in [-0.05, 0) is 49.9 Å². The minimum Gasteiger partial charge on any atom is -0.314 e. The van der Waals surface area contributed by atoms with Gasteiger partial charge in [0.15, 0.2) is 0 Å². The van der Waals surface area contributed by atoms with E-state index < -0.39 is 0 Å². The lowest BCUT2D eigenvalue weighted by Gasteiger charge is -2.14. The van der Waals surface area contributed by atoms with Crippen molar-refractivity contribution in [2.75, 3.05) is 13.1 Å². The molecule has 2 heteroatoms. The molecule has 18 heavy (non-hydrogen) atoms. The Morgan fingerprint density at radius 1 is 1.00 bits per heavy atom. The number of nitrogens with zero attached hydrogens (tertiary/aromatic N) is 1. The Morgan fingerprint density at radius 3 is 2.39 bits per heavy atom. The standard InChI is InChI=1S/C16H24N2/c1(4-10-17-16-8-9-16)5-11-18-12-14-6-2-3-7-15(14)13-18/h2-3,6-7,16-17H,1,4-5,8-13H2. The summed E-state index contributed by atoms with van der Waals surface area (Å²) in [6.07, 6.45) is 6.88. The Kier molecular flexibility index (Phi) is 3.96. The first kappa shape index (κ1) is 12.2. The first-order valence-electron chi connectivity index (χ1n) is 7.44. The first-order chi connectivity index (χ1) is 8.92. The molecule has 2 aliphatic rings. The van der Waals surface area contributed by atoms with Crippen LogP contribution in [0.5, 0.6) is 0 Å². The summed E-state index contributed by atoms with van der Waals surface area (Å²) in [7, 11) is 0. The van der Waals surface area contributed by atoms with Crippen LogP contribution in [0.2, 0.25) is 0 Å². The van der Waals surface area contributed by atoms with Crippen molar-refractivity contribution in [3.8, 4) is 0 Å². The Bertz CT molecular complexity index is 359. The van der Waals surface area contributed by atoms with Crippen molar-refractivity contribution in [1.82, 2.24) is 10.2 Å². The highest BCUT2D eigenvalue weighted by molar-refractivity contribution is 5.30. The molecule has 98 valence electrons. The molecular weight excluding hydrogens is 220 g/mol. The number of hydrogen-bond donors (Lipinski definition) is 1. The molecule has 0 spiro atoms. The normalized spacial score (nSPS) is 19.1. The summed E-state index contributed by atoms with van der Waals surface area (Å²) < 4.78 is 0. The zero-order chi connectivity index (χ0) is 12.2. The molecule has 0 amide bonds. The fourth-order valence-electron chi connectivity index (χ4n) is 2.79. The molecule has 1 aromatic carbocycles. The fourth-order valence-corrected chi connectivity index (χ4v) is 2.79. The second kappa shape index (κ2) is 5.85. The van der Waals surface area contributed by atoms with Crippen molar-refractivity contribution in [1.29, 1.82) is 0 Å². The summed E-state index contributed by atoms with van der Waals surface area (Å²) in [5.41, 5.74) is 3.07. The predicted molar refractivity (Wildman–Crippen MR) is 75.4 cm³/mol. The van der Waals surface area contributed by atoms with Gasteiger partial charge >= 0.3 is 0 Å². The largest absolute Gasteiger partial charge is 0.314 e. The Morgan fingerprint density at radius 2 is 1.72 bits per heavy atom. The van der Waals surface area contributed by atoms with Crippen LogP contribution in [-0.4, -0.2) is 24.0 Å². The van der Waals surface area contributed by atoms with Crippen LogP contribution in [0.3, 0.4) is 0 Å². The SMILES string of the molecule is c1ccc2c(c1)CN(CCCCCNC1CC1)C2. The molecule has 1 heterocycles. The third-order valence-electron chi connectivity index (χ3n) is 4.07. The monoisotopic (exact) mass is 244 g/mol. The molecule has 0 saturated heterocycles. The van der Waals surface area contributed by atoms with Gasteiger partial charge in [0.25, 0.3) is 0 Å². The maximum atomic E-state index is 3.59. The minimum atomic E-state index is 0.873. The summed E-state index contributed by atoms with van der Waals surface area (Å²) in [6.45, 7) is 4.82. The minimum absolute atomic E-state index is 0.873. The Hall–Kier alpha value is -0.860. The topological polar surface area (TPSA) is 15.3 Å². The van der Waals surface area contributed by atoms with Crippen LogP contribution in [0.1, 0.15) is 43.2 Å². The van der Waals surface area contributed by atoms with Gasteiger partial charge in [-0.2, -0.15) is 0 Å². The predicted octanol–water partition coefficient (Wildman–Crippen LogP) is 2.92. The highest BCUT2D eigenvalue weighted by Crippen LogP contribution is 2.22. The van der Waals surface area contributed by atoms with Crippen molar-refractivity contribution in [3.63, 3.8) is 0 Å². The highest BCUT2D eigenvalue weighted by atomic mass is 15.1. The number of rotatable bonds is 7. The fraction of sp³-hybridized carbons (Fsp3) is 0.625. The number of nitrogens with one attached hydrogen (secondary N) is 1. The van der Waals surface area contributed by atoms with Crippen LogP contribution in [0.25, 0.3) is 0 Å². The second-order valence-electron chi connectivity index (χ2n) is 5.77. The van der Waals surface area contributed by atoms with Crippen molar-refractivity contribution >= 4 is 0 Å². The van der Waals surface area contributed by atoms with Gasteiger partial charge in [0, 0.05) is 19.1 Å². The molecule has 3 rings (SSSR count). The van der Waals surface area contributed by atoms with Gasteiger partial charge in [-0.25, -0.2) is 0 Å². The van der Waals surface area contributed by atoms with Crippen molar-refractivity contribution in [3.05, 3.63) is 35.4 Å². The number of fused-ring (bicyclic) bond motifs is 1. The number of hydrogen-bond acceptors (Lipinski definition) is 2. The van der Waals surface area contributed by atoms with Crippen LogP contribution in [0.4, 0.5) is 0 Å². The lowest BCUT2D eigenvalue weighted by molar-refractivity contribution is 0.276. The summed E-state index contributed by atoms with van der Waals surface area (Å²) in [5.74, 6) is 0. The van der Waals surface area contributed by atoms with E-state index in [9.17, 15) is 0 Å². The van der Waals surface area contributed by atoms with Crippen molar-refractivity contribution < 1.29 is 0 Å².